The fourth-order valence-electron chi connectivity index (χ4n) is 4.46. The third-order valence-electron chi connectivity index (χ3n) is 5.77. The smallest absolute Gasteiger partial charge is 0.323 e. The van der Waals surface area contributed by atoms with Crippen LogP contribution in [-0.4, -0.2) is 34.7 Å². The Morgan fingerprint density at radius 2 is 1.78 bits per heavy atom. The molecule has 1 aliphatic carbocycles. The molecule has 146 valence electrons. The zero-order chi connectivity index (χ0) is 19.6. The highest BCUT2D eigenvalue weighted by molar-refractivity contribution is 6.11. The molecule has 1 N–H and O–H groups in total. The molecule has 1 aromatic rings. The number of carbonyl (C=O) groups is 3. The number of hydrogen-bond acceptors (Lipinski definition) is 3. The lowest BCUT2D eigenvalue weighted by atomic mass is 9.84. The predicted octanol–water partition coefficient (Wildman–Crippen LogP) is 4.27. The second-order valence-electron chi connectivity index (χ2n) is 8.63. The summed E-state index contributed by atoms with van der Waals surface area (Å²) in [5.41, 5.74) is 0.912. The molecule has 3 amide bonds. The molecule has 1 saturated carbocycles. The molecule has 0 radical (unpaired) electrons. The molecule has 0 unspecified atom stereocenters. The van der Waals surface area contributed by atoms with Gasteiger partial charge < -0.3 is 5.32 Å². The first-order valence-electron chi connectivity index (χ1n) is 10.1. The van der Waals surface area contributed by atoms with E-state index < -0.39 is 11.6 Å². The summed E-state index contributed by atoms with van der Waals surface area (Å²) in [5, 5.41) is 2.76. The van der Waals surface area contributed by atoms with Crippen LogP contribution >= 0.6 is 0 Å². The molecule has 1 aliphatic heterocycles. The highest BCUT2D eigenvalue weighted by Crippen LogP contribution is 2.32. The molecule has 1 heterocycles. The monoisotopic (exact) mass is 370 g/mol. The molecule has 0 bridgehead atoms. The van der Waals surface area contributed by atoms with Gasteiger partial charge in [0.1, 0.15) is 5.54 Å². The van der Waals surface area contributed by atoms with Crippen LogP contribution < -0.4 is 5.32 Å². The predicted molar refractivity (Wildman–Crippen MR) is 105 cm³/mol. The maximum atomic E-state index is 12.7. The lowest BCUT2D eigenvalue weighted by molar-refractivity contribution is -0.131. The third-order valence-corrected chi connectivity index (χ3v) is 5.77. The molecule has 5 heteroatoms. The Bertz CT molecular complexity index is 720. The van der Waals surface area contributed by atoms with Gasteiger partial charge in [0, 0.05) is 5.56 Å². The topological polar surface area (TPSA) is 66.5 Å². The maximum absolute atomic E-state index is 12.7. The Kier molecular flexibility index (Phi) is 5.68. The van der Waals surface area contributed by atoms with Crippen molar-refractivity contribution in [3.63, 3.8) is 0 Å². The summed E-state index contributed by atoms with van der Waals surface area (Å²) in [5.74, 6) is 0.337. The van der Waals surface area contributed by atoms with E-state index in [1.807, 2.05) is 38.1 Å². The Hall–Kier alpha value is -2.17. The minimum absolute atomic E-state index is 0.206. The summed E-state index contributed by atoms with van der Waals surface area (Å²) in [6.45, 7) is 5.54. The van der Waals surface area contributed by atoms with Crippen LogP contribution in [0.3, 0.4) is 0 Å². The van der Waals surface area contributed by atoms with E-state index in [-0.39, 0.29) is 24.2 Å². The van der Waals surface area contributed by atoms with Gasteiger partial charge in [-0.2, -0.15) is 0 Å². The number of urea groups is 1. The summed E-state index contributed by atoms with van der Waals surface area (Å²) >= 11 is 0. The summed E-state index contributed by atoms with van der Waals surface area (Å²) in [4.78, 5) is 38.6. The molecule has 1 atom stereocenters. The largest absolute Gasteiger partial charge is 0.325 e. The van der Waals surface area contributed by atoms with Crippen molar-refractivity contribution >= 4 is 17.7 Å². The van der Waals surface area contributed by atoms with Crippen LogP contribution in [0.5, 0.6) is 0 Å². The van der Waals surface area contributed by atoms with Gasteiger partial charge in [-0.25, -0.2) is 4.79 Å². The Balaban J connectivity index is 1.66. The molecule has 5 nitrogen and oxygen atoms in total. The van der Waals surface area contributed by atoms with Crippen LogP contribution in [0.15, 0.2) is 24.3 Å². The molecule has 0 aromatic heterocycles. The van der Waals surface area contributed by atoms with Crippen LogP contribution in [0.1, 0.15) is 81.1 Å². The standard InChI is InChI=1S/C22H30N2O3/c1-15(2)13-22(3)20(26)24(21(27)23-22)14-19(25)18-11-9-17(10-12-18)16-7-5-4-6-8-16/h9-12,15-16H,4-8,13-14H2,1-3H3,(H,23,27)/t22-/m1/s1. The van der Waals surface area contributed by atoms with E-state index in [1.54, 1.807) is 6.92 Å². The number of ketones is 1. The number of amides is 3. The lowest BCUT2D eigenvalue weighted by Crippen LogP contribution is -2.45. The maximum Gasteiger partial charge on any atom is 0.325 e. The average Bonchev–Trinajstić information content (AvgIpc) is 2.84. The van der Waals surface area contributed by atoms with Crippen molar-refractivity contribution in [1.82, 2.24) is 10.2 Å². The number of imide groups is 1. The molecule has 3 rings (SSSR count). The number of Topliss-reactive ketones (excluding diaryl/α,β-unsaturated/α-hetero) is 1. The van der Waals surface area contributed by atoms with Crippen molar-refractivity contribution in [2.75, 3.05) is 6.54 Å². The fourth-order valence-corrected chi connectivity index (χ4v) is 4.46. The Morgan fingerprint density at radius 1 is 1.15 bits per heavy atom. The molecule has 1 aromatic carbocycles. The average molecular weight is 370 g/mol. The minimum Gasteiger partial charge on any atom is -0.323 e. The molecule has 27 heavy (non-hydrogen) atoms. The zero-order valence-corrected chi connectivity index (χ0v) is 16.6. The van der Waals surface area contributed by atoms with Crippen LogP contribution in [0.4, 0.5) is 4.79 Å². The van der Waals surface area contributed by atoms with Crippen molar-refractivity contribution in [2.24, 2.45) is 5.92 Å². The van der Waals surface area contributed by atoms with Gasteiger partial charge in [-0.3, -0.25) is 14.5 Å². The minimum atomic E-state index is -0.920. The van der Waals surface area contributed by atoms with E-state index in [0.717, 1.165) is 4.90 Å². The van der Waals surface area contributed by atoms with Crippen molar-refractivity contribution in [3.8, 4) is 0 Å². The highest BCUT2D eigenvalue weighted by Gasteiger charge is 2.48. The summed E-state index contributed by atoms with van der Waals surface area (Å²) in [6, 6.07) is 7.24. The Labute approximate surface area is 161 Å². The summed E-state index contributed by atoms with van der Waals surface area (Å²) < 4.78 is 0. The fraction of sp³-hybridized carbons (Fsp3) is 0.591. The number of nitrogens with zero attached hydrogens (tertiary/aromatic N) is 1. The van der Waals surface area contributed by atoms with Gasteiger partial charge in [0.15, 0.2) is 5.78 Å². The molecular formula is C22H30N2O3. The van der Waals surface area contributed by atoms with Gasteiger partial charge in [-0.05, 0) is 43.6 Å². The quantitative estimate of drug-likeness (QED) is 0.600. The number of rotatable bonds is 6. The Morgan fingerprint density at radius 3 is 2.37 bits per heavy atom. The third kappa shape index (κ3) is 4.23. The van der Waals surface area contributed by atoms with Crippen LogP contribution in [0.2, 0.25) is 0 Å². The van der Waals surface area contributed by atoms with E-state index in [4.69, 9.17) is 0 Å². The van der Waals surface area contributed by atoms with Crippen molar-refractivity contribution < 1.29 is 14.4 Å². The molecule has 2 fully saturated rings. The lowest BCUT2D eigenvalue weighted by Gasteiger charge is -2.23. The second kappa shape index (κ2) is 7.83. The normalized spacial score (nSPS) is 23.8. The first kappa shape index (κ1) is 19.6. The molecule has 0 spiro atoms. The molecular weight excluding hydrogens is 340 g/mol. The molecule has 2 aliphatic rings. The van der Waals surface area contributed by atoms with Gasteiger partial charge in [0.05, 0.1) is 6.54 Å². The number of benzene rings is 1. The summed E-state index contributed by atoms with van der Waals surface area (Å²) in [7, 11) is 0. The first-order chi connectivity index (χ1) is 12.8. The van der Waals surface area contributed by atoms with Crippen LogP contribution in [0, 0.1) is 5.92 Å². The van der Waals surface area contributed by atoms with Crippen molar-refractivity contribution in [1.29, 1.82) is 0 Å². The molecule has 1 saturated heterocycles. The zero-order valence-electron chi connectivity index (χ0n) is 16.6. The van der Waals surface area contributed by atoms with E-state index >= 15 is 0 Å². The second-order valence-corrected chi connectivity index (χ2v) is 8.63. The van der Waals surface area contributed by atoms with Gasteiger partial charge >= 0.3 is 6.03 Å². The SMILES string of the molecule is CC(C)C[C@@]1(C)NC(=O)N(CC(=O)c2ccc(C3CCCCC3)cc2)C1=O. The van der Waals surface area contributed by atoms with Gasteiger partial charge in [0.25, 0.3) is 5.91 Å². The van der Waals surface area contributed by atoms with Crippen molar-refractivity contribution in [2.45, 2.75) is 70.8 Å². The number of nitrogens with one attached hydrogen (secondary N) is 1. The first-order valence-corrected chi connectivity index (χ1v) is 10.1. The highest BCUT2D eigenvalue weighted by atomic mass is 16.2. The van der Waals surface area contributed by atoms with E-state index in [1.165, 1.54) is 37.7 Å². The van der Waals surface area contributed by atoms with Gasteiger partial charge in [-0.1, -0.05) is 57.4 Å². The van der Waals surface area contributed by atoms with E-state index in [0.29, 0.717) is 17.9 Å². The van der Waals surface area contributed by atoms with E-state index in [9.17, 15) is 14.4 Å². The summed E-state index contributed by atoms with van der Waals surface area (Å²) in [6.07, 6.45) is 6.83. The number of carbonyl (C=O) groups excluding carboxylic acids is 3. The number of hydrogen-bond donors (Lipinski definition) is 1. The van der Waals surface area contributed by atoms with Crippen LogP contribution in [-0.2, 0) is 4.79 Å². The van der Waals surface area contributed by atoms with Crippen molar-refractivity contribution in [3.05, 3.63) is 35.4 Å². The van der Waals surface area contributed by atoms with E-state index in [2.05, 4.69) is 5.32 Å². The van der Waals surface area contributed by atoms with Gasteiger partial charge in [0.2, 0.25) is 0 Å². The van der Waals surface area contributed by atoms with Crippen LogP contribution in [0.25, 0.3) is 0 Å². The van der Waals surface area contributed by atoms with Gasteiger partial charge in [-0.15, -0.1) is 0 Å².